The van der Waals surface area contributed by atoms with Crippen molar-refractivity contribution in [3.05, 3.63) is 0 Å². The number of alkyl carbamates (subject to hydrolysis) is 3. The van der Waals surface area contributed by atoms with E-state index in [0.717, 1.165) is 0 Å². The molecule has 0 spiro atoms. The van der Waals surface area contributed by atoms with Gasteiger partial charge in [-0.2, -0.15) is 0 Å². The van der Waals surface area contributed by atoms with Crippen LogP contribution >= 0.6 is 0 Å². The molecule has 114 valence electrons. The molecule has 0 radical (unpaired) electrons. The Morgan fingerprint density at radius 3 is 1.70 bits per heavy atom. The molecule has 0 heterocycles. The van der Waals surface area contributed by atoms with Crippen molar-refractivity contribution in [1.82, 2.24) is 21.3 Å². The van der Waals surface area contributed by atoms with Crippen molar-refractivity contribution in [1.29, 1.82) is 0 Å². The van der Waals surface area contributed by atoms with Gasteiger partial charge in [-0.25, -0.2) is 14.4 Å². The second kappa shape index (κ2) is 10.2. The molecular weight excluding hydrogens is 276 g/mol. The molecule has 0 aliphatic rings. The highest BCUT2D eigenvalue weighted by molar-refractivity contribution is 5.80. The van der Waals surface area contributed by atoms with Crippen LogP contribution in [0, 0.1) is 0 Å². The zero-order valence-electron chi connectivity index (χ0n) is 11.0. The standard InChI is InChI=1S/C9H16N4O7/c1-18-7(15)11-4-10-6(14)3-20-9(17)13-5-12-8(16)19-2/h3-5H2,1-2H3,(H,10,14)(H,11,15)(H,12,16)(H,13,17). The van der Waals surface area contributed by atoms with E-state index >= 15 is 0 Å². The topological polar surface area (TPSA) is 144 Å². The Morgan fingerprint density at radius 1 is 0.750 bits per heavy atom. The van der Waals surface area contributed by atoms with E-state index in [1.807, 2.05) is 0 Å². The SMILES string of the molecule is COC(=O)NCNC(=O)COC(=O)NCNC(=O)OC. The first-order chi connectivity index (χ1) is 9.49. The molecular formula is C9H16N4O7. The van der Waals surface area contributed by atoms with Gasteiger partial charge in [-0.15, -0.1) is 0 Å². The van der Waals surface area contributed by atoms with E-state index in [0.29, 0.717) is 0 Å². The Kier molecular flexibility index (Phi) is 8.83. The lowest BCUT2D eigenvalue weighted by Gasteiger charge is -2.08. The molecule has 0 fully saturated rings. The Labute approximate surface area is 114 Å². The van der Waals surface area contributed by atoms with Crippen LogP contribution in [0.4, 0.5) is 14.4 Å². The van der Waals surface area contributed by atoms with Gasteiger partial charge in [-0.1, -0.05) is 0 Å². The van der Waals surface area contributed by atoms with Gasteiger partial charge in [0.15, 0.2) is 6.61 Å². The fourth-order valence-corrected chi connectivity index (χ4v) is 0.781. The molecule has 0 aliphatic heterocycles. The van der Waals surface area contributed by atoms with E-state index in [1.165, 1.54) is 14.2 Å². The molecule has 4 N–H and O–H groups in total. The van der Waals surface area contributed by atoms with Gasteiger partial charge in [0.2, 0.25) is 0 Å². The van der Waals surface area contributed by atoms with Crippen LogP contribution in [0.5, 0.6) is 0 Å². The second-order valence-corrected chi connectivity index (χ2v) is 3.04. The molecule has 0 aromatic carbocycles. The smallest absolute Gasteiger partial charge is 0.409 e. The summed E-state index contributed by atoms with van der Waals surface area (Å²) < 4.78 is 13.0. The summed E-state index contributed by atoms with van der Waals surface area (Å²) in [5, 5.41) is 8.75. The minimum absolute atomic E-state index is 0.166. The summed E-state index contributed by atoms with van der Waals surface area (Å²) in [7, 11) is 2.34. The van der Waals surface area contributed by atoms with E-state index in [4.69, 9.17) is 0 Å². The predicted molar refractivity (Wildman–Crippen MR) is 63.4 cm³/mol. The Balaban J connectivity index is 3.60. The molecule has 11 heteroatoms. The minimum Gasteiger partial charge on any atom is -0.453 e. The Morgan fingerprint density at radius 2 is 1.20 bits per heavy atom. The number of carbonyl (C=O) groups excluding carboxylic acids is 4. The summed E-state index contributed by atoms with van der Waals surface area (Å²) in [6.07, 6.45) is -2.34. The highest BCUT2D eigenvalue weighted by Gasteiger charge is 2.07. The lowest BCUT2D eigenvalue weighted by Crippen LogP contribution is -2.41. The summed E-state index contributed by atoms with van der Waals surface area (Å²) in [5.41, 5.74) is 0. The van der Waals surface area contributed by atoms with Crippen LogP contribution in [0.3, 0.4) is 0 Å². The first-order valence-corrected chi connectivity index (χ1v) is 5.30. The van der Waals surface area contributed by atoms with Gasteiger partial charge >= 0.3 is 18.3 Å². The van der Waals surface area contributed by atoms with Gasteiger partial charge < -0.3 is 35.5 Å². The third-order valence-electron chi connectivity index (χ3n) is 1.69. The monoisotopic (exact) mass is 292 g/mol. The summed E-state index contributed by atoms with van der Waals surface area (Å²) in [4.78, 5) is 43.5. The van der Waals surface area contributed by atoms with Crippen LogP contribution in [0.1, 0.15) is 0 Å². The number of rotatable bonds is 6. The van der Waals surface area contributed by atoms with E-state index in [2.05, 4.69) is 35.5 Å². The zero-order chi connectivity index (χ0) is 15.4. The Hall–Kier alpha value is -2.72. The quantitative estimate of drug-likeness (QED) is 0.343. The van der Waals surface area contributed by atoms with Crippen molar-refractivity contribution >= 4 is 24.2 Å². The third kappa shape index (κ3) is 9.32. The molecule has 0 atom stereocenters. The molecule has 0 rings (SSSR count). The number of amides is 4. The fraction of sp³-hybridized carbons (Fsp3) is 0.556. The molecule has 0 aromatic rings. The number of methoxy groups -OCH3 is 2. The normalized spacial score (nSPS) is 8.90. The molecule has 0 unspecified atom stereocenters. The average molecular weight is 292 g/mol. The van der Waals surface area contributed by atoms with Crippen molar-refractivity contribution in [3.8, 4) is 0 Å². The summed E-state index contributed by atoms with van der Waals surface area (Å²) in [6, 6.07) is 0. The van der Waals surface area contributed by atoms with Gasteiger partial charge in [0.05, 0.1) is 27.6 Å². The molecule has 11 nitrogen and oxygen atoms in total. The lowest BCUT2D eigenvalue weighted by molar-refractivity contribution is -0.124. The van der Waals surface area contributed by atoms with E-state index in [-0.39, 0.29) is 13.3 Å². The van der Waals surface area contributed by atoms with Gasteiger partial charge in [0, 0.05) is 0 Å². The lowest BCUT2D eigenvalue weighted by atomic mass is 10.6. The van der Waals surface area contributed by atoms with Crippen LogP contribution in [0.25, 0.3) is 0 Å². The number of hydrogen-bond acceptors (Lipinski definition) is 7. The van der Waals surface area contributed by atoms with Gasteiger partial charge in [-0.3, -0.25) is 4.79 Å². The van der Waals surface area contributed by atoms with E-state index < -0.39 is 30.8 Å². The van der Waals surface area contributed by atoms with Crippen molar-refractivity contribution in [2.75, 3.05) is 34.2 Å². The Bertz CT molecular complexity index is 326. The van der Waals surface area contributed by atoms with Crippen molar-refractivity contribution in [2.24, 2.45) is 0 Å². The average Bonchev–Trinajstić information content (AvgIpc) is 2.44. The number of carbonyl (C=O) groups is 4. The molecule has 4 amide bonds. The maximum absolute atomic E-state index is 11.1. The fourth-order valence-electron chi connectivity index (χ4n) is 0.781. The number of hydrogen-bond donors (Lipinski definition) is 4. The highest BCUT2D eigenvalue weighted by Crippen LogP contribution is 1.78. The van der Waals surface area contributed by atoms with Crippen LogP contribution < -0.4 is 21.3 Å². The van der Waals surface area contributed by atoms with Crippen LogP contribution in [0.15, 0.2) is 0 Å². The molecule has 0 saturated carbocycles. The maximum atomic E-state index is 11.1. The highest BCUT2D eigenvalue weighted by atomic mass is 16.6. The van der Waals surface area contributed by atoms with Gasteiger partial charge in [0.1, 0.15) is 0 Å². The van der Waals surface area contributed by atoms with Crippen LogP contribution in [0.2, 0.25) is 0 Å². The second-order valence-electron chi connectivity index (χ2n) is 3.04. The van der Waals surface area contributed by atoms with Gasteiger partial charge in [0.25, 0.3) is 5.91 Å². The van der Waals surface area contributed by atoms with E-state index in [9.17, 15) is 19.2 Å². The van der Waals surface area contributed by atoms with Crippen LogP contribution in [-0.2, 0) is 19.0 Å². The summed E-state index contributed by atoms with van der Waals surface area (Å²) in [6.45, 7) is -0.926. The van der Waals surface area contributed by atoms with Crippen molar-refractivity contribution < 1.29 is 33.4 Å². The zero-order valence-corrected chi connectivity index (χ0v) is 11.0. The number of ether oxygens (including phenoxy) is 3. The summed E-state index contributed by atoms with van der Waals surface area (Å²) in [5.74, 6) is -0.627. The molecule has 20 heavy (non-hydrogen) atoms. The number of nitrogens with one attached hydrogen (secondary N) is 4. The molecule has 0 aliphatic carbocycles. The third-order valence-corrected chi connectivity index (χ3v) is 1.69. The largest absolute Gasteiger partial charge is 0.453 e. The van der Waals surface area contributed by atoms with Crippen molar-refractivity contribution in [2.45, 2.75) is 0 Å². The van der Waals surface area contributed by atoms with E-state index in [1.54, 1.807) is 0 Å². The predicted octanol–water partition coefficient (Wildman–Crippen LogP) is -1.54. The summed E-state index contributed by atoms with van der Waals surface area (Å²) >= 11 is 0. The van der Waals surface area contributed by atoms with Crippen molar-refractivity contribution in [3.63, 3.8) is 0 Å². The van der Waals surface area contributed by atoms with Gasteiger partial charge in [-0.05, 0) is 0 Å². The maximum Gasteiger partial charge on any atom is 0.409 e. The molecule has 0 saturated heterocycles. The minimum atomic E-state index is -0.905. The first-order valence-electron chi connectivity index (χ1n) is 5.30. The molecule has 0 bridgehead atoms. The molecule has 0 aromatic heterocycles. The first kappa shape index (κ1) is 17.3. The van der Waals surface area contributed by atoms with Crippen LogP contribution in [-0.4, -0.2) is 58.4 Å².